The number of rotatable bonds is 0. The van der Waals surface area contributed by atoms with Gasteiger partial charge < -0.3 is 0 Å². The average molecular weight is 142 g/mol. The Morgan fingerprint density at radius 3 is 1.80 bits per heavy atom. The van der Waals surface area contributed by atoms with E-state index >= 15 is 0 Å². The molecule has 0 aromatic carbocycles. The van der Waals surface area contributed by atoms with Crippen molar-refractivity contribution < 1.29 is 24.3 Å². The van der Waals surface area contributed by atoms with E-state index in [-0.39, 0.29) is 24.6 Å². The molecule has 0 bridgehead atoms. The molecule has 0 N–H and O–H groups in total. The van der Waals surface area contributed by atoms with E-state index in [9.17, 15) is 4.79 Å². The van der Waals surface area contributed by atoms with Crippen LogP contribution in [0.25, 0.3) is 0 Å². The maximum Gasteiger partial charge on any atom is 0.182 e. The predicted molar refractivity (Wildman–Crippen MR) is 19.7 cm³/mol. The number of hydrogen-bond donors (Lipinski definition) is 1. The maximum atomic E-state index is 9.31. The third-order valence-corrected chi connectivity index (χ3v) is 0. The molecule has 26 valence electrons. The second kappa shape index (κ2) is 4.64. The summed E-state index contributed by atoms with van der Waals surface area (Å²) in [7, 11) is 0. The van der Waals surface area contributed by atoms with Crippen molar-refractivity contribution in [3.63, 3.8) is 0 Å². The van der Waals surface area contributed by atoms with Crippen molar-refractivity contribution in [1.82, 2.24) is 0 Å². The molecule has 0 fully saturated rings. The van der Waals surface area contributed by atoms with Gasteiger partial charge in [0.25, 0.3) is 0 Å². The molecule has 0 rings (SSSR count). The van der Waals surface area contributed by atoms with Crippen LogP contribution in [0.5, 0.6) is 0 Å². The molecule has 0 aliphatic heterocycles. The molecular weight excluding hydrogens is 137 g/mol. The fraction of sp³-hybridized carbons (Fsp3) is 0.500. The van der Waals surface area contributed by atoms with Crippen molar-refractivity contribution in [1.29, 1.82) is 0 Å². The summed E-state index contributed by atoms with van der Waals surface area (Å²) in [4.78, 5) is 9.31. The molecule has 3 heteroatoms. The first-order valence-corrected chi connectivity index (χ1v) is 1.37. The fourth-order valence-corrected chi connectivity index (χ4v) is 0. The van der Waals surface area contributed by atoms with E-state index in [2.05, 4.69) is 12.6 Å². The molecule has 0 amide bonds. The van der Waals surface area contributed by atoms with Crippen molar-refractivity contribution in [2.75, 3.05) is 0 Å². The Balaban J connectivity index is 0. The SMILES string of the molecule is CC(=O)S.[Zn]. The topological polar surface area (TPSA) is 17.1 Å². The van der Waals surface area contributed by atoms with E-state index in [0.717, 1.165) is 0 Å². The van der Waals surface area contributed by atoms with Crippen LogP contribution in [0.15, 0.2) is 0 Å². The Morgan fingerprint density at radius 2 is 1.80 bits per heavy atom. The van der Waals surface area contributed by atoms with Crippen molar-refractivity contribution in [2.45, 2.75) is 6.92 Å². The Bertz CT molecular complexity index is 32.6. The minimum absolute atomic E-state index is 0. The van der Waals surface area contributed by atoms with Gasteiger partial charge in [-0.2, -0.15) is 0 Å². The smallest absolute Gasteiger partial charge is 0.182 e. The summed E-state index contributed by atoms with van der Waals surface area (Å²) < 4.78 is 0. The quantitative estimate of drug-likeness (QED) is 0.383. The maximum absolute atomic E-state index is 9.31. The van der Waals surface area contributed by atoms with Gasteiger partial charge in [-0.15, -0.1) is 12.6 Å². The molecule has 0 unspecified atom stereocenters. The number of carbonyl (C=O) groups is 1. The Morgan fingerprint density at radius 1 is 1.80 bits per heavy atom. The van der Waals surface area contributed by atoms with Gasteiger partial charge in [0.1, 0.15) is 0 Å². The third-order valence-electron chi connectivity index (χ3n) is 0. The molecule has 0 aromatic heterocycles. The Kier molecular flexibility index (Phi) is 8.51. The van der Waals surface area contributed by atoms with E-state index in [1.165, 1.54) is 6.92 Å². The molecule has 0 aliphatic carbocycles. The van der Waals surface area contributed by atoms with Crippen molar-refractivity contribution >= 4 is 17.7 Å². The van der Waals surface area contributed by atoms with E-state index in [1.807, 2.05) is 0 Å². The van der Waals surface area contributed by atoms with Gasteiger partial charge in [0, 0.05) is 26.4 Å². The summed E-state index contributed by atoms with van der Waals surface area (Å²) in [6, 6.07) is 0. The van der Waals surface area contributed by atoms with Crippen LogP contribution < -0.4 is 0 Å². The van der Waals surface area contributed by atoms with Crippen molar-refractivity contribution in [3.05, 3.63) is 0 Å². The van der Waals surface area contributed by atoms with Gasteiger partial charge in [-0.25, -0.2) is 0 Å². The van der Waals surface area contributed by atoms with Crippen LogP contribution >= 0.6 is 12.6 Å². The second-order valence-corrected chi connectivity index (χ2v) is 1.15. The van der Waals surface area contributed by atoms with E-state index < -0.39 is 0 Å². The van der Waals surface area contributed by atoms with Crippen molar-refractivity contribution in [2.24, 2.45) is 0 Å². The van der Waals surface area contributed by atoms with Crippen LogP contribution in [-0.4, -0.2) is 5.12 Å². The monoisotopic (exact) mass is 140 g/mol. The first-order valence-electron chi connectivity index (χ1n) is 0.928. The number of hydrogen-bond acceptors (Lipinski definition) is 1. The summed E-state index contributed by atoms with van der Waals surface area (Å²) in [6.07, 6.45) is 0. The molecule has 0 saturated carbocycles. The first kappa shape index (κ1) is 9.17. The van der Waals surface area contributed by atoms with Gasteiger partial charge in [-0.3, -0.25) is 4.79 Å². The van der Waals surface area contributed by atoms with Gasteiger partial charge in [0.2, 0.25) is 0 Å². The van der Waals surface area contributed by atoms with Gasteiger partial charge in [0.05, 0.1) is 0 Å². The summed E-state index contributed by atoms with van der Waals surface area (Å²) in [5.41, 5.74) is 0. The van der Waals surface area contributed by atoms with Crippen LogP contribution in [0, 0.1) is 0 Å². The molecule has 0 spiro atoms. The zero-order valence-electron chi connectivity index (χ0n) is 3.06. The van der Waals surface area contributed by atoms with Gasteiger partial charge in [-0.1, -0.05) is 0 Å². The summed E-state index contributed by atoms with van der Waals surface area (Å²) in [6.45, 7) is 1.39. The van der Waals surface area contributed by atoms with Crippen LogP contribution in [0.4, 0.5) is 0 Å². The molecule has 0 heterocycles. The van der Waals surface area contributed by atoms with Crippen LogP contribution in [-0.2, 0) is 24.3 Å². The molecule has 0 aliphatic rings. The molecule has 5 heavy (non-hydrogen) atoms. The zero-order chi connectivity index (χ0) is 3.58. The standard InChI is InChI=1S/C2H4OS.Zn/c1-2(3)4;/h1H3,(H,3,4);. The van der Waals surface area contributed by atoms with Crippen molar-refractivity contribution in [3.8, 4) is 0 Å². The van der Waals surface area contributed by atoms with E-state index in [0.29, 0.717) is 0 Å². The minimum Gasteiger partial charge on any atom is -0.288 e. The summed E-state index contributed by atoms with van der Waals surface area (Å²) >= 11 is 3.33. The van der Waals surface area contributed by atoms with Crippen LogP contribution in [0.1, 0.15) is 6.92 Å². The van der Waals surface area contributed by atoms with Gasteiger partial charge in [0.15, 0.2) is 5.12 Å². The average Bonchev–Trinajstić information content (AvgIpc) is 0.811. The van der Waals surface area contributed by atoms with Gasteiger partial charge in [-0.05, 0) is 0 Å². The molecular formula is C2H4OSZn. The molecule has 0 atom stereocenters. The molecule has 1 nitrogen and oxygen atoms in total. The molecule has 0 saturated heterocycles. The predicted octanol–water partition coefficient (Wildman–Crippen LogP) is 0.460. The Labute approximate surface area is 49.3 Å². The zero-order valence-corrected chi connectivity index (χ0v) is 6.92. The van der Waals surface area contributed by atoms with Crippen LogP contribution in [0.3, 0.4) is 0 Å². The largest absolute Gasteiger partial charge is 0.288 e. The van der Waals surface area contributed by atoms with E-state index in [4.69, 9.17) is 0 Å². The third kappa shape index (κ3) is 78.4. The van der Waals surface area contributed by atoms with Crippen LogP contribution in [0.2, 0.25) is 0 Å². The van der Waals surface area contributed by atoms with Gasteiger partial charge >= 0.3 is 0 Å². The number of carbonyl (C=O) groups excluding carboxylic acids is 1. The van der Waals surface area contributed by atoms with E-state index in [1.54, 1.807) is 0 Å². The minimum atomic E-state index is -0.139. The molecule has 0 radical (unpaired) electrons. The number of thiol groups is 1. The first-order chi connectivity index (χ1) is 1.73. The summed E-state index contributed by atoms with van der Waals surface area (Å²) in [5.74, 6) is 0. The summed E-state index contributed by atoms with van der Waals surface area (Å²) in [5, 5.41) is -0.139. The normalized spacial score (nSPS) is 5.20. The Hall–Kier alpha value is 0.643. The fourth-order valence-electron chi connectivity index (χ4n) is 0. The molecule has 0 aromatic rings. The second-order valence-electron chi connectivity index (χ2n) is 0.519.